The molecular weight excluding hydrogens is 354 g/mol. The van der Waals surface area contributed by atoms with Crippen LogP contribution in [0.4, 0.5) is 5.82 Å². The first-order valence-electron chi connectivity index (χ1n) is 7.37. The lowest BCUT2D eigenvalue weighted by Gasteiger charge is -2.30. The predicted octanol–water partition coefficient (Wildman–Crippen LogP) is 3.06. The van der Waals surface area contributed by atoms with Gasteiger partial charge in [-0.15, -0.1) is 0 Å². The number of aromatic nitrogens is 1. The second kappa shape index (κ2) is 7.07. The van der Waals surface area contributed by atoms with Gasteiger partial charge in [0.1, 0.15) is 10.7 Å². The largest absolute Gasteiger partial charge is 0.383 e. The number of nitrogens with zero attached hydrogens (tertiary/aromatic N) is 1. The molecule has 2 rings (SSSR count). The Morgan fingerprint density at radius 1 is 1.43 bits per heavy atom. The van der Waals surface area contributed by atoms with E-state index >= 15 is 0 Å². The van der Waals surface area contributed by atoms with Gasteiger partial charge >= 0.3 is 0 Å². The molecule has 7 heteroatoms. The van der Waals surface area contributed by atoms with Crippen molar-refractivity contribution in [2.75, 3.05) is 5.73 Å². The molecule has 1 aromatic rings. The van der Waals surface area contributed by atoms with Crippen LogP contribution in [-0.4, -0.2) is 19.4 Å². The highest BCUT2D eigenvalue weighted by molar-refractivity contribution is 9.10. The molecule has 1 aromatic heterocycles. The molecule has 1 unspecified atom stereocenters. The second-order valence-electron chi connectivity index (χ2n) is 5.57. The summed E-state index contributed by atoms with van der Waals surface area (Å²) in [5.74, 6) is 0.448. The highest BCUT2D eigenvalue weighted by Crippen LogP contribution is 2.29. The van der Waals surface area contributed by atoms with Crippen LogP contribution in [0.15, 0.2) is 21.6 Å². The fraction of sp³-hybridized carbons (Fsp3) is 0.643. The van der Waals surface area contributed by atoms with Crippen LogP contribution >= 0.6 is 15.9 Å². The molecule has 1 fully saturated rings. The summed E-state index contributed by atoms with van der Waals surface area (Å²) >= 11 is 3.24. The number of pyridine rings is 1. The summed E-state index contributed by atoms with van der Waals surface area (Å²) in [4.78, 5) is 3.95. The molecule has 0 aliphatic heterocycles. The molecule has 1 aliphatic rings. The molecule has 3 N–H and O–H groups in total. The number of anilines is 1. The molecule has 0 spiro atoms. The molecule has 5 nitrogen and oxygen atoms in total. The van der Waals surface area contributed by atoms with Gasteiger partial charge in [0.25, 0.3) is 0 Å². The summed E-state index contributed by atoms with van der Waals surface area (Å²) in [6, 6.07) is 1.46. The number of halogens is 1. The lowest BCUT2D eigenvalue weighted by molar-refractivity contribution is 0.285. The zero-order valence-electron chi connectivity index (χ0n) is 12.2. The number of sulfonamides is 1. The van der Waals surface area contributed by atoms with E-state index in [4.69, 9.17) is 5.73 Å². The fourth-order valence-electron chi connectivity index (χ4n) is 2.96. The van der Waals surface area contributed by atoms with Gasteiger partial charge in [-0.05, 0) is 47.2 Å². The third-order valence-corrected chi connectivity index (χ3v) is 6.06. The Bertz CT molecular complexity index is 586. The molecule has 0 radical (unpaired) electrons. The van der Waals surface area contributed by atoms with Crippen molar-refractivity contribution in [1.29, 1.82) is 0 Å². The second-order valence-corrected chi connectivity index (χ2v) is 8.17. The van der Waals surface area contributed by atoms with Crippen LogP contribution in [0.3, 0.4) is 0 Å². The highest BCUT2D eigenvalue weighted by atomic mass is 79.9. The summed E-state index contributed by atoms with van der Waals surface area (Å²) in [5, 5.41) is 0. The van der Waals surface area contributed by atoms with Crippen molar-refractivity contribution in [3.05, 3.63) is 16.7 Å². The molecule has 0 bridgehead atoms. The van der Waals surface area contributed by atoms with Gasteiger partial charge in [0, 0.05) is 16.7 Å². The average molecular weight is 376 g/mol. The van der Waals surface area contributed by atoms with Crippen LogP contribution < -0.4 is 10.5 Å². The Morgan fingerprint density at radius 2 is 2.10 bits per heavy atom. The van der Waals surface area contributed by atoms with Crippen molar-refractivity contribution in [1.82, 2.24) is 9.71 Å². The van der Waals surface area contributed by atoms with Gasteiger partial charge in [-0.25, -0.2) is 18.1 Å². The Balaban J connectivity index is 2.20. The third kappa shape index (κ3) is 4.17. The highest BCUT2D eigenvalue weighted by Gasteiger charge is 2.28. The van der Waals surface area contributed by atoms with Crippen molar-refractivity contribution >= 4 is 31.8 Å². The van der Waals surface area contributed by atoms with E-state index in [1.54, 1.807) is 0 Å². The number of hydrogen-bond acceptors (Lipinski definition) is 4. The summed E-state index contributed by atoms with van der Waals surface area (Å²) in [7, 11) is -3.64. The first kappa shape index (κ1) is 16.7. The van der Waals surface area contributed by atoms with Crippen molar-refractivity contribution < 1.29 is 8.42 Å². The molecule has 1 heterocycles. The zero-order valence-corrected chi connectivity index (χ0v) is 14.6. The molecule has 21 heavy (non-hydrogen) atoms. The molecular formula is C14H22BrN3O2S. The maximum absolute atomic E-state index is 12.6. The van der Waals surface area contributed by atoms with Gasteiger partial charge in [-0.2, -0.15) is 0 Å². The van der Waals surface area contributed by atoms with Gasteiger partial charge in [-0.1, -0.05) is 26.2 Å². The molecule has 118 valence electrons. The van der Waals surface area contributed by atoms with E-state index < -0.39 is 10.0 Å². The predicted molar refractivity (Wildman–Crippen MR) is 87.3 cm³/mol. The summed E-state index contributed by atoms with van der Waals surface area (Å²) < 4.78 is 28.6. The number of nitrogen functional groups attached to an aromatic ring is 1. The van der Waals surface area contributed by atoms with Crippen molar-refractivity contribution in [3.63, 3.8) is 0 Å². The summed E-state index contributed by atoms with van der Waals surface area (Å²) in [6.07, 6.45) is 8.08. The average Bonchev–Trinajstić information content (AvgIpc) is 2.48. The van der Waals surface area contributed by atoms with Gasteiger partial charge in [0.15, 0.2) is 0 Å². The van der Waals surface area contributed by atoms with E-state index in [0.717, 1.165) is 19.3 Å². The van der Waals surface area contributed by atoms with E-state index in [0.29, 0.717) is 10.4 Å². The van der Waals surface area contributed by atoms with Crippen molar-refractivity contribution in [3.8, 4) is 0 Å². The van der Waals surface area contributed by atoms with E-state index in [2.05, 4.69) is 25.6 Å². The van der Waals surface area contributed by atoms with Crippen LogP contribution in [-0.2, 0) is 10.0 Å². The number of rotatable bonds is 5. The topological polar surface area (TPSA) is 85.1 Å². The van der Waals surface area contributed by atoms with Gasteiger partial charge in [0.2, 0.25) is 10.0 Å². The monoisotopic (exact) mass is 375 g/mol. The number of nitrogens with two attached hydrogens (primary N) is 1. The standard InChI is InChI=1S/C14H22BrN3O2S/c1-2-12(10-6-4-3-5-7-10)18-21(19,20)13-8-11(15)9-17-14(13)16/h8-10,12,18H,2-7H2,1H3,(H2,16,17). The smallest absolute Gasteiger partial charge is 0.244 e. The molecule has 1 saturated carbocycles. The molecule has 1 atom stereocenters. The van der Waals surface area contributed by atoms with Crippen LogP contribution in [0.1, 0.15) is 45.4 Å². The van der Waals surface area contributed by atoms with E-state index in [-0.39, 0.29) is 16.8 Å². The minimum Gasteiger partial charge on any atom is -0.383 e. The molecule has 0 saturated heterocycles. The maximum atomic E-state index is 12.6. The SMILES string of the molecule is CCC(NS(=O)(=O)c1cc(Br)cnc1N)C1CCCCC1. The van der Waals surface area contributed by atoms with E-state index in [9.17, 15) is 8.42 Å². The lowest BCUT2D eigenvalue weighted by Crippen LogP contribution is -2.40. The fourth-order valence-corrected chi connectivity index (χ4v) is 4.94. The van der Waals surface area contributed by atoms with Gasteiger partial charge in [-0.3, -0.25) is 0 Å². The van der Waals surface area contributed by atoms with E-state index in [1.165, 1.54) is 31.5 Å². The van der Waals surface area contributed by atoms with Gasteiger partial charge in [0.05, 0.1) is 0 Å². The number of hydrogen-bond donors (Lipinski definition) is 2. The molecule has 0 aromatic carbocycles. The quantitative estimate of drug-likeness (QED) is 0.827. The Hall–Kier alpha value is -0.660. The minimum absolute atomic E-state index is 0.0317. The molecule has 0 amide bonds. The first-order valence-corrected chi connectivity index (χ1v) is 9.65. The maximum Gasteiger partial charge on any atom is 0.244 e. The van der Waals surface area contributed by atoms with Crippen LogP contribution in [0.5, 0.6) is 0 Å². The minimum atomic E-state index is -3.64. The molecule has 1 aliphatic carbocycles. The van der Waals surface area contributed by atoms with Crippen molar-refractivity contribution in [2.24, 2.45) is 5.92 Å². The van der Waals surface area contributed by atoms with Gasteiger partial charge < -0.3 is 5.73 Å². The van der Waals surface area contributed by atoms with Crippen LogP contribution in [0, 0.1) is 5.92 Å². The van der Waals surface area contributed by atoms with Crippen molar-refractivity contribution in [2.45, 2.75) is 56.4 Å². The zero-order chi connectivity index (χ0) is 15.5. The van der Waals surface area contributed by atoms with Crippen LogP contribution in [0.2, 0.25) is 0 Å². The normalized spacial score (nSPS) is 18.6. The third-order valence-electron chi connectivity index (χ3n) is 4.10. The Morgan fingerprint density at radius 3 is 2.71 bits per heavy atom. The first-order chi connectivity index (χ1) is 9.94. The Labute approximate surface area is 134 Å². The summed E-state index contributed by atoms with van der Waals surface area (Å²) in [6.45, 7) is 2.02. The number of nitrogens with one attached hydrogen (secondary N) is 1. The lowest BCUT2D eigenvalue weighted by atomic mass is 9.83. The van der Waals surface area contributed by atoms with Crippen LogP contribution in [0.25, 0.3) is 0 Å². The summed E-state index contributed by atoms with van der Waals surface area (Å²) in [5.41, 5.74) is 5.72. The Kier molecular flexibility index (Phi) is 5.62. The van der Waals surface area contributed by atoms with E-state index in [1.807, 2.05) is 6.92 Å².